The van der Waals surface area contributed by atoms with Crippen molar-refractivity contribution in [2.24, 2.45) is 0 Å². The van der Waals surface area contributed by atoms with Gasteiger partial charge in [0, 0.05) is 20.5 Å². The molecule has 2 aromatic rings. The summed E-state index contributed by atoms with van der Waals surface area (Å²) in [5, 5.41) is 9.40. The zero-order valence-corrected chi connectivity index (χ0v) is 17.0. The third-order valence-corrected chi connectivity index (χ3v) is 5.45. The summed E-state index contributed by atoms with van der Waals surface area (Å²) in [7, 11) is 4.76. The highest BCUT2D eigenvalue weighted by Crippen LogP contribution is 2.32. The number of carbonyl (C=O) groups is 2. The summed E-state index contributed by atoms with van der Waals surface area (Å²) >= 11 is 0. The fourth-order valence-electron chi connectivity index (χ4n) is 3.54. The maximum atomic E-state index is 13.3. The first-order valence-corrected chi connectivity index (χ1v) is 9.22. The predicted octanol–water partition coefficient (Wildman–Crippen LogP) is 2.84. The molecule has 1 unspecified atom stereocenters. The van der Waals surface area contributed by atoms with Crippen LogP contribution in [-0.4, -0.2) is 48.4 Å². The van der Waals surface area contributed by atoms with Crippen LogP contribution in [0.4, 0.5) is 0 Å². The van der Waals surface area contributed by atoms with Crippen LogP contribution in [0.3, 0.4) is 0 Å². The minimum Gasteiger partial charge on any atom is -0.497 e. The number of ether oxygens (including phenoxy) is 1. The van der Waals surface area contributed by atoms with Gasteiger partial charge in [0.1, 0.15) is 17.0 Å². The molecule has 2 amide bonds. The van der Waals surface area contributed by atoms with Crippen LogP contribution >= 0.6 is 0 Å². The van der Waals surface area contributed by atoms with Gasteiger partial charge in [-0.1, -0.05) is 30.3 Å². The van der Waals surface area contributed by atoms with Crippen molar-refractivity contribution in [3.8, 4) is 11.8 Å². The van der Waals surface area contributed by atoms with Crippen molar-refractivity contribution in [2.45, 2.75) is 18.9 Å². The van der Waals surface area contributed by atoms with Gasteiger partial charge in [-0.05, 0) is 42.3 Å². The summed E-state index contributed by atoms with van der Waals surface area (Å²) in [5.41, 5.74) is 1.11. The maximum Gasteiger partial charge on any atom is 0.271 e. The van der Waals surface area contributed by atoms with E-state index >= 15 is 0 Å². The second-order valence-corrected chi connectivity index (χ2v) is 7.26. The Morgan fingerprint density at radius 3 is 2.45 bits per heavy atom. The lowest BCUT2D eigenvalue weighted by molar-refractivity contribution is -0.155. The summed E-state index contributed by atoms with van der Waals surface area (Å²) in [6, 6.07) is 16.7. The molecule has 3 rings (SSSR count). The largest absolute Gasteiger partial charge is 0.497 e. The van der Waals surface area contributed by atoms with Crippen LogP contribution in [-0.2, 0) is 16.0 Å². The average Bonchev–Trinajstić information content (AvgIpc) is 2.75. The first-order chi connectivity index (χ1) is 13.8. The molecule has 0 spiro atoms. The molecule has 29 heavy (non-hydrogen) atoms. The normalized spacial score (nSPS) is 20.7. The lowest BCUT2D eigenvalue weighted by atomic mass is 9.87. The molecule has 0 radical (unpaired) electrons. The molecule has 1 atom stereocenters. The highest BCUT2D eigenvalue weighted by Gasteiger charge is 2.48. The monoisotopic (exact) mass is 389 g/mol. The van der Waals surface area contributed by atoms with E-state index in [0.717, 1.165) is 5.56 Å². The number of amides is 2. The van der Waals surface area contributed by atoms with Gasteiger partial charge in [0.25, 0.3) is 11.8 Å². The van der Waals surface area contributed by atoms with Crippen molar-refractivity contribution < 1.29 is 14.3 Å². The summed E-state index contributed by atoms with van der Waals surface area (Å²) in [5.74, 6) is 0.101. The van der Waals surface area contributed by atoms with Crippen LogP contribution in [0.1, 0.15) is 23.6 Å². The standard InChI is InChI=1S/C23H23N3O3/c1-23(14-16-8-6-5-7-9-16)22(28)25(2)20(21(27)26(23)3)13-18-12-19(29-4)11-10-17(18)15-24/h5-13H,14H2,1-4H3. The number of nitrogens with zero attached hydrogens (tertiary/aromatic N) is 3. The predicted molar refractivity (Wildman–Crippen MR) is 110 cm³/mol. The molecular formula is C23H23N3O3. The second kappa shape index (κ2) is 7.80. The first kappa shape index (κ1) is 20.2. The lowest BCUT2D eigenvalue weighted by Gasteiger charge is -2.45. The molecule has 0 N–H and O–H groups in total. The molecule has 0 saturated carbocycles. The molecule has 2 aromatic carbocycles. The topological polar surface area (TPSA) is 73.6 Å². The van der Waals surface area contributed by atoms with Crippen molar-refractivity contribution in [3.05, 3.63) is 70.9 Å². The molecule has 6 heteroatoms. The van der Waals surface area contributed by atoms with E-state index in [9.17, 15) is 14.9 Å². The van der Waals surface area contributed by atoms with Crippen molar-refractivity contribution in [1.29, 1.82) is 5.26 Å². The number of carbonyl (C=O) groups excluding carboxylic acids is 2. The first-order valence-electron chi connectivity index (χ1n) is 9.22. The summed E-state index contributed by atoms with van der Waals surface area (Å²) in [6.07, 6.45) is 1.98. The van der Waals surface area contributed by atoms with Crippen LogP contribution in [0.25, 0.3) is 6.08 Å². The van der Waals surface area contributed by atoms with Gasteiger partial charge in [0.15, 0.2) is 0 Å². The second-order valence-electron chi connectivity index (χ2n) is 7.26. The van der Waals surface area contributed by atoms with Crippen molar-refractivity contribution in [1.82, 2.24) is 9.80 Å². The van der Waals surface area contributed by atoms with Crippen LogP contribution < -0.4 is 4.74 Å². The highest BCUT2D eigenvalue weighted by atomic mass is 16.5. The van der Waals surface area contributed by atoms with E-state index in [-0.39, 0.29) is 17.5 Å². The maximum absolute atomic E-state index is 13.3. The Morgan fingerprint density at radius 2 is 1.83 bits per heavy atom. The molecule has 6 nitrogen and oxygen atoms in total. The lowest BCUT2D eigenvalue weighted by Crippen LogP contribution is -2.64. The Hall–Kier alpha value is -3.59. The molecule has 1 aliphatic rings. The molecule has 1 heterocycles. The number of hydrogen-bond acceptors (Lipinski definition) is 4. The number of hydrogen-bond donors (Lipinski definition) is 0. The van der Waals surface area contributed by atoms with Crippen LogP contribution in [0.15, 0.2) is 54.2 Å². The third kappa shape index (κ3) is 3.59. The molecule has 1 fully saturated rings. The zero-order chi connectivity index (χ0) is 21.2. The molecular weight excluding hydrogens is 366 g/mol. The van der Waals surface area contributed by atoms with E-state index < -0.39 is 5.54 Å². The van der Waals surface area contributed by atoms with Crippen LogP contribution in [0.5, 0.6) is 5.75 Å². The van der Waals surface area contributed by atoms with Gasteiger partial charge in [-0.25, -0.2) is 0 Å². The Morgan fingerprint density at radius 1 is 1.14 bits per heavy atom. The van der Waals surface area contributed by atoms with Gasteiger partial charge >= 0.3 is 0 Å². The van der Waals surface area contributed by atoms with Gasteiger partial charge in [-0.15, -0.1) is 0 Å². The quantitative estimate of drug-likeness (QED) is 0.754. The van der Waals surface area contributed by atoms with E-state index in [4.69, 9.17) is 4.74 Å². The minimum atomic E-state index is -1.00. The molecule has 0 bridgehead atoms. The smallest absolute Gasteiger partial charge is 0.271 e. The molecule has 0 aromatic heterocycles. The van der Waals surface area contributed by atoms with E-state index in [2.05, 4.69) is 6.07 Å². The van der Waals surface area contributed by atoms with E-state index in [1.807, 2.05) is 30.3 Å². The number of nitriles is 1. The van der Waals surface area contributed by atoms with E-state index in [1.165, 1.54) is 16.9 Å². The van der Waals surface area contributed by atoms with Gasteiger partial charge in [-0.3, -0.25) is 9.59 Å². The number of benzene rings is 2. The number of piperazine rings is 1. The highest BCUT2D eigenvalue weighted by molar-refractivity contribution is 6.08. The molecule has 1 aliphatic heterocycles. The molecule has 148 valence electrons. The van der Waals surface area contributed by atoms with Crippen molar-refractivity contribution in [2.75, 3.05) is 21.2 Å². The summed E-state index contributed by atoms with van der Waals surface area (Å²) < 4.78 is 5.22. The Labute approximate surface area is 170 Å². The average molecular weight is 389 g/mol. The Bertz CT molecular complexity index is 1020. The van der Waals surface area contributed by atoms with E-state index in [1.54, 1.807) is 45.3 Å². The number of methoxy groups -OCH3 is 1. The van der Waals surface area contributed by atoms with Gasteiger partial charge in [0.05, 0.1) is 18.7 Å². The van der Waals surface area contributed by atoms with E-state index in [0.29, 0.717) is 23.3 Å². The zero-order valence-electron chi connectivity index (χ0n) is 17.0. The van der Waals surface area contributed by atoms with Crippen molar-refractivity contribution in [3.63, 3.8) is 0 Å². The van der Waals surface area contributed by atoms with Gasteiger partial charge in [-0.2, -0.15) is 5.26 Å². The number of rotatable bonds is 4. The Kier molecular flexibility index (Phi) is 5.42. The summed E-state index contributed by atoms with van der Waals surface area (Å²) in [4.78, 5) is 29.3. The fraction of sp³-hybridized carbons (Fsp3) is 0.261. The molecule has 0 aliphatic carbocycles. The van der Waals surface area contributed by atoms with Gasteiger partial charge < -0.3 is 14.5 Å². The minimum absolute atomic E-state index is 0.184. The van der Waals surface area contributed by atoms with Crippen molar-refractivity contribution >= 4 is 17.9 Å². The van der Waals surface area contributed by atoms with Crippen LogP contribution in [0, 0.1) is 11.3 Å². The summed E-state index contributed by atoms with van der Waals surface area (Å²) in [6.45, 7) is 1.78. The van der Waals surface area contributed by atoms with Crippen LogP contribution in [0.2, 0.25) is 0 Å². The third-order valence-electron chi connectivity index (χ3n) is 5.45. The number of likely N-dealkylation sites (N-methyl/N-ethyl adjacent to an activating group) is 2. The fourth-order valence-corrected chi connectivity index (χ4v) is 3.54. The van der Waals surface area contributed by atoms with Gasteiger partial charge in [0.2, 0.25) is 0 Å². The molecule has 1 saturated heterocycles. The SMILES string of the molecule is COc1ccc(C#N)c(C=C2C(=O)N(C)C(C)(Cc3ccccc3)C(=O)N2C)c1. The Balaban J connectivity index is 2.02.